The summed E-state index contributed by atoms with van der Waals surface area (Å²) in [6.45, 7) is 1.91. The highest BCUT2D eigenvalue weighted by molar-refractivity contribution is 7.13. The number of thiazole rings is 1. The molecular weight excluding hydrogens is 320 g/mol. The highest BCUT2D eigenvalue weighted by Gasteiger charge is 2.20. The van der Waals surface area contributed by atoms with Crippen molar-refractivity contribution in [2.75, 3.05) is 0 Å². The Balaban J connectivity index is 1.73. The van der Waals surface area contributed by atoms with Gasteiger partial charge in [0.15, 0.2) is 0 Å². The number of nitrogens with one attached hydrogen (secondary N) is 2. The van der Waals surface area contributed by atoms with Crippen LogP contribution in [0, 0.1) is 6.92 Å². The second-order valence-corrected chi connectivity index (χ2v) is 7.30. The fourth-order valence-electron chi connectivity index (χ4n) is 3.43. The van der Waals surface area contributed by atoms with Gasteiger partial charge in [-0.05, 0) is 37.5 Å². The van der Waals surface area contributed by atoms with Crippen LogP contribution in [0.3, 0.4) is 0 Å². The zero-order valence-electron chi connectivity index (χ0n) is 13.6. The molecule has 0 atom stereocenters. The van der Waals surface area contributed by atoms with E-state index < -0.39 is 0 Å². The van der Waals surface area contributed by atoms with Crippen LogP contribution < -0.4 is 5.32 Å². The number of aromatic nitrogens is 3. The lowest BCUT2D eigenvalue weighted by Crippen LogP contribution is -2.36. The lowest BCUT2D eigenvalue weighted by molar-refractivity contribution is 0.0929. The number of rotatable bonds is 3. The highest BCUT2D eigenvalue weighted by atomic mass is 32.1. The molecule has 5 nitrogen and oxygen atoms in total. The van der Waals surface area contributed by atoms with Crippen LogP contribution >= 0.6 is 11.3 Å². The number of nitrogens with zero attached hydrogens (tertiary/aromatic N) is 2. The van der Waals surface area contributed by atoms with Crippen molar-refractivity contribution in [3.05, 3.63) is 35.2 Å². The number of aryl methyl sites for hydroxylation is 1. The molecule has 1 aliphatic rings. The number of aromatic amines is 1. The zero-order valence-corrected chi connectivity index (χ0v) is 14.4. The first kappa shape index (κ1) is 15.3. The van der Waals surface area contributed by atoms with Crippen molar-refractivity contribution in [2.24, 2.45) is 0 Å². The third-order valence-electron chi connectivity index (χ3n) is 4.61. The second-order valence-electron chi connectivity index (χ2n) is 6.41. The Morgan fingerprint density at radius 2 is 2.12 bits per heavy atom. The summed E-state index contributed by atoms with van der Waals surface area (Å²) in [5.74, 6) is 0.806. The Morgan fingerprint density at radius 3 is 2.88 bits per heavy atom. The van der Waals surface area contributed by atoms with Crippen molar-refractivity contribution in [3.8, 4) is 10.4 Å². The van der Waals surface area contributed by atoms with Gasteiger partial charge < -0.3 is 10.3 Å². The van der Waals surface area contributed by atoms with Gasteiger partial charge in [-0.15, -0.1) is 11.3 Å². The summed E-state index contributed by atoms with van der Waals surface area (Å²) in [6, 6.07) is 4.26. The molecule has 124 valence electrons. The lowest BCUT2D eigenvalue weighted by Gasteiger charge is -2.23. The maximum absolute atomic E-state index is 12.9. The Bertz CT molecular complexity index is 863. The van der Waals surface area contributed by atoms with Gasteiger partial charge in [-0.2, -0.15) is 0 Å². The monoisotopic (exact) mass is 340 g/mol. The van der Waals surface area contributed by atoms with Gasteiger partial charge in [-0.1, -0.05) is 19.3 Å². The molecule has 2 N–H and O–H groups in total. The summed E-state index contributed by atoms with van der Waals surface area (Å²) < 4.78 is 0. The van der Waals surface area contributed by atoms with E-state index in [-0.39, 0.29) is 11.9 Å². The number of imidazole rings is 1. The minimum Gasteiger partial charge on any atom is -0.349 e. The van der Waals surface area contributed by atoms with Crippen molar-refractivity contribution in [1.82, 2.24) is 20.3 Å². The van der Waals surface area contributed by atoms with Gasteiger partial charge in [0.1, 0.15) is 5.82 Å². The van der Waals surface area contributed by atoms with Gasteiger partial charge in [0.2, 0.25) is 0 Å². The highest BCUT2D eigenvalue weighted by Crippen LogP contribution is 2.29. The smallest absolute Gasteiger partial charge is 0.253 e. The lowest BCUT2D eigenvalue weighted by atomic mass is 9.95. The van der Waals surface area contributed by atoms with Gasteiger partial charge >= 0.3 is 0 Å². The first-order valence-corrected chi connectivity index (χ1v) is 9.29. The number of hydrogen-bond donors (Lipinski definition) is 2. The van der Waals surface area contributed by atoms with Crippen LogP contribution in [0.25, 0.3) is 21.5 Å². The Labute approximate surface area is 144 Å². The first-order valence-electron chi connectivity index (χ1n) is 8.41. The van der Waals surface area contributed by atoms with E-state index in [4.69, 9.17) is 0 Å². The van der Waals surface area contributed by atoms with Crippen molar-refractivity contribution >= 4 is 28.3 Å². The molecule has 24 heavy (non-hydrogen) atoms. The maximum Gasteiger partial charge on any atom is 0.253 e. The van der Waals surface area contributed by atoms with Gasteiger partial charge in [-0.3, -0.25) is 9.78 Å². The van der Waals surface area contributed by atoms with Crippen LogP contribution in [0.15, 0.2) is 23.8 Å². The van der Waals surface area contributed by atoms with Crippen LogP contribution in [-0.2, 0) is 0 Å². The number of benzene rings is 1. The molecule has 4 rings (SSSR count). The SMILES string of the molecule is Cc1nc2cc(-c3cncs3)cc(C(=O)NC3CCCCC3)c2[nH]1. The molecule has 0 bridgehead atoms. The Morgan fingerprint density at radius 1 is 1.29 bits per heavy atom. The van der Waals surface area contributed by atoms with Crippen LogP contribution in [0.2, 0.25) is 0 Å². The van der Waals surface area contributed by atoms with Gasteiger partial charge in [0.25, 0.3) is 5.91 Å². The minimum atomic E-state index is -0.0121. The molecule has 1 aromatic carbocycles. The zero-order chi connectivity index (χ0) is 16.5. The number of fused-ring (bicyclic) bond motifs is 1. The molecule has 1 aliphatic carbocycles. The van der Waals surface area contributed by atoms with Crippen molar-refractivity contribution < 1.29 is 4.79 Å². The predicted molar refractivity (Wildman–Crippen MR) is 96.3 cm³/mol. The average molecular weight is 340 g/mol. The number of H-pyrrole nitrogens is 1. The number of carbonyl (C=O) groups excluding carboxylic acids is 1. The average Bonchev–Trinajstić information content (AvgIpc) is 3.23. The van der Waals surface area contributed by atoms with E-state index in [1.54, 1.807) is 16.8 Å². The van der Waals surface area contributed by atoms with Gasteiger partial charge in [-0.25, -0.2) is 4.98 Å². The number of hydrogen-bond acceptors (Lipinski definition) is 4. The molecule has 3 aromatic rings. The third kappa shape index (κ3) is 2.94. The summed E-state index contributed by atoms with van der Waals surface area (Å²) >= 11 is 1.57. The molecule has 0 aliphatic heterocycles. The molecule has 2 aromatic heterocycles. The van der Waals surface area contributed by atoms with Crippen molar-refractivity contribution in [2.45, 2.75) is 45.1 Å². The predicted octanol–water partition coefficient (Wildman–Crippen LogP) is 4.06. The maximum atomic E-state index is 12.9. The van der Waals surface area contributed by atoms with Crippen LogP contribution in [0.1, 0.15) is 48.3 Å². The summed E-state index contributed by atoms with van der Waals surface area (Å²) in [4.78, 5) is 25.8. The van der Waals surface area contributed by atoms with Gasteiger partial charge in [0, 0.05) is 12.2 Å². The van der Waals surface area contributed by atoms with E-state index in [9.17, 15) is 4.79 Å². The summed E-state index contributed by atoms with van der Waals surface area (Å²) in [7, 11) is 0. The fourth-order valence-corrected chi connectivity index (χ4v) is 4.04. The van der Waals surface area contributed by atoms with E-state index in [1.165, 1.54) is 19.3 Å². The topological polar surface area (TPSA) is 70.7 Å². The minimum absolute atomic E-state index is 0.0121. The Hall–Kier alpha value is -2.21. The third-order valence-corrected chi connectivity index (χ3v) is 5.44. The van der Waals surface area contributed by atoms with Crippen LogP contribution in [0.4, 0.5) is 0 Å². The number of amides is 1. The van der Waals surface area contributed by atoms with Crippen LogP contribution in [0.5, 0.6) is 0 Å². The molecule has 0 unspecified atom stereocenters. The molecule has 1 fully saturated rings. The van der Waals surface area contributed by atoms with Crippen molar-refractivity contribution in [1.29, 1.82) is 0 Å². The first-order chi connectivity index (χ1) is 11.7. The molecule has 0 saturated heterocycles. The molecule has 1 saturated carbocycles. The van der Waals surface area contributed by atoms with Crippen molar-refractivity contribution in [3.63, 3.8) is 0 Å². The largest absolute Gasteiger partial charge is 0.349 e. The van der Waals surface area contributed by atoms with E-state index in [0.29, 0.717) is 5.56 Å². The van der Waals surface area contributed by atoms with E-state index in [2.05, 4.69) is 20.3 Å². The molecule has 0 radical (unpaired) electrons. The summed E-state index contributed by atoms with van der Waals surface area (Å²) in [5.41, 5.74) is 5.10. The summed E-state index contributed by atoms with van der Waals surface area (Å²) in [6.07, 6.45) is 7.65. The Kier molecular flexibility index (Phi) is 4.06. The molecule has 0 spiro atoms. The normalized spacial score (nSPS) is 15.7. The van der Waals surface area contributed by atoms with E-state index in [0.717, 1.165) is 40.1 Å². The van der Waals surface area contributed by atoms with E-state index in [1.807, 2.05) is 25.3 Å². The quantitative estimate of drug-likeness (QED) is 0.755. The summed E-state index contributed by atoms with van der Waals surface area (Å²) in [5, 5.41) is 3.21. The van der Waals surface area contributed by atoms with Crippen LogP contribution in [-0.4, -0.2) is 26.9 Å². The molecular formula is C18H20N4OS. The standard InChI is InChI=1S/C18H20N4OS/c1-11-20-15-8-12(16-9-19-10-24-16)7-14(17(15)21-11)18(23)22-13-5-3-2-4-6-13/h7-10,13H,2-6H2,1H3,(H,20,21)(H,22,23). The van der Waals surface area contributed by atoms with E-state index >= 15 is 0 Å². The number of carbonyl (C=O) groups is 1. The molecule has 2 heterocycles. The second kappa shape index (κ2) is 6.36. The molecule has 1 amide bonds. The molecule has 6 heteroatoms. The van der Waals surface area contributed by atoms with Gasteiger partial charge in [0.05, 0.1) is 27.0 Å². The fraction of sp³-hybridized carbons (Fsp3) is 0.389.